The zero-order chi connectivity index (χ0) is 13.8. The van der Waals surface area contributed by atoms with Crippen LogP contribution in [0.5, 0.6) is 0 Å². The number of nitrogens with zero attached hydrogens (tertiary/aromatic N) is 1. The molecule has 3 unspecified atom stereocenters. The Balaban J connectivity index is 1.97. The maximum atomic E-state index is 10.4. The van der Waals surface area contributed by atoms with Crippen molar-refractivity contribution in [2.45, 2.75) is 52.2 Å². The lowest BCUT2D eigenvalue weighted by molar-refractivity contribution is 0.0513. The average molecular weight is 261 g/mol. The Hall–Kier alpha value is -0.860. The monoisotopic (exact) mass is 261 g/mol. The van der Waals surface area contributed by atoms with Gasteiger partial charge in [-0.25, -0.2) is 0 Å². The number of hydrogen-bond acceptors (Lipinski definition) is 2. The van der Waals surface area contributed by atoms with E-state index in [9.17, 15) is 5.11 Å². The molecule has 0 aliphatic carbocycles. The van der Waals surface area contributed by atoms with Crippen LogP contribution in [0.3, 0.4) is 0 Å². The highest BCUT2D eigenvalue weighted by molar-refractivity contribution is 5.24. The number of aliphatic hydroxyl groups excluding tert-OH is 1. The molecule has 1 aliphatic heterocycles. The summed E-state index contributed by atoms with van der Waals surface area (Å²) in [4.78, 5) is 2.44. The van der Waals surface area contributed by atoms with E-state index in [1.807, 2.05) is 0 Å². The van der Waals surface area contributed by atoms with Crippen molar-refractivity contribution >= 4 is 0 Å². The summed E-state index contributed by atoms with van der Waals surface area (Å²) in [5.74, 6) is 0.739. The molecule has 1 heterocycles. The topological polar surface area (TPSA) is 23.5 Å². The molecule has 1 saturated heterocycles. The Morgan fingerprint density at radius 1 is 1.26 bits per heavy atom. The van der Waals surface area contributed by atoms with E-state index in [2.05, 4.69) is 49.9 Å². The van der Waals surface area contributed by atoms with Crippen molar-refractivity contribution in [3.05, 3.63) is 35.4 Å². The Morgan fingerprint density at radius 3 is 2.58 bits per heavy atom. The van der Waals surface area contributed by atoms with Crippen LogP contribution in [-0.4, -0.2) is 29.1 Å². The Bertz CT molecular complexity index is 387. The second kappa shape index (κ2) is 6.53. The third-order valence-electron chi connectivity index (χ3n) is 4.68. The average Bonchev–Trinajstić information content (AvgIpc) is 2.44. The van der Waals surface area contributed by atoms with Crippen LogP contribution in [0.15, 0.2) is 24.3 Å². The van der Waals surface area contributed by atoms with E-state index < -0.39 is 0 Å². The number of piperidine rings is 1. The second-order valence-corrected chi connectivity index (χ2v) is 5.97. The third kappa shape index (κ3) is 3.58. The molecule has 0 aromatic heterocycles. The van der Waals surface area contributed by atoms with Gasteiger partial charge in [0, 0.05) is 12.6 Å². The summed E-state index contributed by atoms with van der Waals surface area (Å²) >= 11 is 0. The Kier molecular flexibility index (Phi) is 5.00. The Morgan fingerprint density at radius 2 is 1.95 bits per heavy atom. The molecule has 1 aromatic carbocycles. The van der Waals surface area contributed by atoms with Gasteiger partial charge in [0.2, 0.25) is 0 Å². The van der Waals surface area contributed by atoms with Crippen LogP contribution in [-0.2, 0) is 6.42 Å². The van der Waals surface area contributed by atoms with Crippen LogP contribution in [0.2, 0.25) is 0 Å². The molecule has 0 spiro atoms. The van der Waals surface area contributed by atoms with Gasteiger partial charge in [-0.05, 0) is 49.8 Å². The molecule has 3 atom stereocenters. The summed E-state index contributed by atoms with van der Waals surface area (Å²) in [6, 6.07) is 8.98. The molecule has 2 rings (SSSR count). The van der Waals surface area contributed by atoms with Gasteiger partial charge in [0.05, 0.1) is 6.10 Å². The Labute approximate surface area is 117 Å². The summed E-state index contributed by atoms with van der Waals surface area (Å²) in [6.45, 7) is 8.64. The molecule has 2 nitrogen and oxygen atoms in total. The molecule has 2 heteroatoms. The standard InChI is InChI=1S/C17H27NO/c1-4-15-7-9-16(10-8-15)17(19)12-18-11-5-6-13(2)14(18)3/h7-10,13-14,17,19H,4-6,11-12H2,1-3H3. The smallest absolute Gasteiger partial charge is 0.0917 e. The van der Waals surface area contributed by atoms with Crippen LogP contribution in [0.4, 0.5) is 0 Å². The van der Waals surface area contributed by atoms with Gasteiger partial charge in [0.25, 0.3) is 0 Å². The van der Waals surface area contributed by atoms with Crippen molar-refractivity contribution < 1.29 is 5.11 Å². The minimum atomic E-state index is -0.362. The van der Waals surface area contributed by atoms with Crippen LogP contribution in [0.25, 0.3) is 0 Å². The molecular formula is C17H27NO. The predicted octanol–water partition coefficient (Wildman–Crippen LogP) is 3.40. The van der Waals surface area contributed by atoms with Crippen molar-refractivity contribution in [3.63, 3.8) is 0 Å². The molecule has 0 amide bonds. The van der Waals surface area contributed by atoms with E-state index in [-0.39, 0.29) is 6.10 Å². The zero-order valence-electron chi connectivity index (χ0n) is 12.5. The number of β-amino-alcohol motifs (C(OH)–C–C–N with tert-alkyl or cyclic N) is 1. The molecule has 1 aromatic rings. The van der Waals surface area contributed by atoms with Crippen LogP contribution >= 0.6 is 0 Å². The van der Waals surface area contributed by atoms with E-state index in [0.29, 0.717) is 6.04 Å². The van der Waals surface area contributed by atoms with Crippen molar-refractivity contribution in [1.82, 2.24) is 4.90 Å². The second-order valence-electron chi connectivity index (χ2n) is 5.97. The molecule has 1 N–H and O–H groups in total. The lowest BCUT2D eigenvalue weighted by atomic mass is 9.91. The minimum absolute atomic E-state index is 0.362. The number of benzene rings is 1. The van der Waals surface area contributed by atoms with Crippen molar-refractivity contribution in [2.24, 2.45) is 5.92 Å². The fraction of sp³-hybridized carbons (Fsp3) is 0.647. The van der Waals surface area contributed by atoms with Crippen LogP contribution < -0.4 is 0 Å². The molecule has 0 bridgehead atoms. The van der Waals surface area contributed by atoms with E-state index >= 15 is 0 Å². The summed E-state index contributed by atoms with van der Waals surface area (Å²) in [5.41, 5.74) is 2.37. The first kappa shape index (κ1) is 14.5. The third-order valence-corrected chi connectivity index (χ3v) is 4.68. The maximum absolute atomic E-state index is 10.4. The van der Waals surface area contributed by atoms with E-state index in [1.54, 1.807) is 0 Å². The molecule has 106 valence electrons. The van der Waals surface area contributed by atoms with Crippen LogP contribution in [0, 0.1) is 5.92 Å². The maximum Gasteiger partial charge on any atom is 0.0917 e. The summed E-state index contributed by atoms with van der Waals surface area (Å²) in [5, 5.41) is 10.4. The SMILES string of the molecule is CCc1ccc(C(O)CN2CCCC(C)C2C)cc1. The molecule has 0 radical (unpaired) electrons. The number of rotatable bonds is 4. The van der Waals surface area contributed by atoms with E-state index in [0.717, 1.165) is 31.0 Å². The number of likely N-dealkylation sites (tertiary alicyclic amines) is 1. The fourth-order valence-corrected chi connectivity index (χ4v) is 2.98. The van der Waals surface area contributed by atoms with E-state index in [4.69, 9.17) is 0 Å². The van der Waals surface area contributed by atoms with Crippen LogP contribution in [0.1, 0.15) is 50.8 Å². The quantitative estimate of drug-likeness (QED) is 0.898. The summed E-state index contributed by atoms with van der Waals surface area (Å²) in [6.07, 6.45) is 3.27. The first-order chi connectivity index (χ1) is 9.11. The molecule has 19 heavy (non-hydrogen) atoms. The predicted molar refractivity (Wildman–Crippen MR) is 80.2 cm³/mol. The van der Waals surface area contributed by atoms with Crippen molar-refractivity contribution in [2.75, 3.05) is 13.1 Å². The largest absolute Gasteiger partial charge is 0.387 e. The first-order valence-electron chi connectivity index (χ1n) is 7.62. The number of hydrogen-bond donors (Lipinski definition) is 1. The first-order valence-corrected chi connectivity index (χ1v) is 7.62. The van der Waals surface area contributed by atoms with Gasteiger partial charge in [-0.3, -0.25) is 4.90 Å². The van der Waals surface area contributed by atoms with Gasteiger partial charge in [-0.15, -0.1) is 0 Å². The highest BCUT2D eigenvalue weighted by Gasteiger charge is 2.26. The van der Waals surface area contributed by atoms with Crippen molar-refractivity contribution in [3.8, 4) is 0 Å². The molecule has 1 aliphatic rings. The van der Waals surface area contributed by atoms with Gasteiger partial charge in [-0.2, -0.15) is 0 Å². The van der Waals surface area contributed by atoms with E-state index in [1.165, 1.54) is 18.4 Å². The summed E-state index contributed by atoms with van der Waals surface area (Å²) in [7, 11) is 0. The molecule has 0 saturated carbocycles. The summed E-state index contributed by atoms with van der Waals surface area (Å²) < 4.78 is 0. The van der Waals surface area contributed by atoms with Gasteiger partial charge >= 0.3 is 0 Å². The molecular weight excluding hydrogens is 234 g/mol. The molecule has 1 fully saturated rings. The highest BCUT2D eigenvalue weighted by Crippen LogP contribution is 2.25. The minimum Gasteiger partial charge on any atom is -0.387 e. The highest BCUT2D eigenvalue weighted by atomic mass is 16.3. The number of aliphatic hydroxyl groups is 1. The number of aryl methyl sites for hydroxylation is 1. The zero-order valence-corrected chi connectivity index (χ0v) is 12.5. The lowest BCUT2D eigenvalue weighted by Gasteiger charge is -2.39. The van der Waals surface area contributed by atoms with Gasteiger partial charge in [-0.1, -0.05) is 38.1 Å². The van der Waals surface area contributed by atoms with Gasteiger partial charge in [0.1, 0.15) is 0 Å². The fourth-order valence-electron chi connectivity index (χ4n) is 2.98. The van der Waals surface area contributed by atoms with Gasteiger partial charge in [0.15, 0.2) is 0 Å². The lowest BCUT2D eigenvalue weighted by Crippen LogP contribution is -2.44. The van der Waals surface area contributed by atoms with Gasteiger partial charge < -0.3 is 5.11 Å². The van der Waals surface area contributed by atoms with Crippen molar-refractivity contribution in [1.29, 1.82) is 0 Å². The normalized spacial score (nSPS) is 26.3.